The van der Waals surface area contributed by atoms with Crippen molar-refractivity contribution in [2.45, 2.75) is 46.4 Å². The highest BCUT2D eigenvalue weighted by Crippen LogP contribution is 2.12. The van der Waals surface area contributed by atoms with Crippen molar-refractivity contribution in [1.29, 1.82) is 0 Å². The third-order valence-electron chi connectivity index (χ3n) is 1.67. The molecule has 0 radical (unpaired) electrons. The van der Waals surface area contributed by atoms with Gasteiger partial charge in [-0.1, -0.05) is 6.92 Å². The van der Waals surface area contributed by atoms with Crippen molar-refractivity contribution >= 4 is 0 Å². The van der Waals surface area contributed by atoms with Crippen LogP contribution in [0.1, 0.15) is 34.6 Å². The molecule has 0 aromatic rings. The zero-order chi connectivity index (χ0) is 8.36. The average molecular weight is 145 g/mol. The summed E-state index contributed by atoms with van der Waals surface area (Å²) in [7, 11) is 0. The third kappa shape index (κ3) is 2.67. The molecule has 0 atom stereocenters. The molecule has 2 nitrogen and oxygen atoms in total. The molecule has 0 aliphatic heterocycles. The van der Waals surface area contributed by atoms with Crippen molar-refractivity contribution in [1.82, 2.24) is 4.90 Å². The number of hydrogen-bond donors (Lipinski definition) is 1. The van der Waals surface area contributed by atoms with E-state index < -0.39 is 5.72 Å². The van der Waals surface area contributed by atoms with Crippen LogP contribution < -0.4 is 0 Å². The van der Waals surface area contributed by atoms with E-state index in [1.807, 2.05) is 18.7 Å². The van der Waals surface area contributed by atoms with E-state index in [1.165, 1.54) is 0 Å². The Hall–Kier alpha value is -0.0800. The van der Waals surface area contributed by atoms with Crippen LogP contribution in [0.3, 0.4) is 0 Å². The van der Waals surface area contributed by atoms with Crippen LogP contribution in [0.2, 0.25) is 0 Å². The standard InChI is InChI=1S/C8H19NO/c1-6-9(7(2)3)8(4,5)10/h7,10H,6H2,1-5H3. The Kier molecular flexibility index (Phi) is 3.33. The van der Waals surface area contributed by atoms with Crippen LogP contribution in [0.15, 0.2) is 0 Å². The molecule has 10 heavy (non-hydrogen) atoms. The van der Waals surface area contributed by atoms with Gasteiger partial charge in [0.2, 0.25) is 0 Å². The van der Waals surface area contributed by atoms with Crippen molar-refractivity contribution in [2.75, 3.05) is 6.54 Å². The molecule has 0 bridgehead atoms. The summed E-state index contributed by atoms with van der Waals surface area (Å²) >= 11 is 0. The maximum atomic E-state index is 9.57. The van der Waals surface area contributed by atoms with Crippen molar-refractivity contribution in [3.05, 3.63) is 0 Å². The molecule has 0 spiro atoms. The zero-order valence-corrected chi connectivity index (χ0v) is 7.68. The fourth-order valence-corrected chi connectivity index (χ4v) is 1.38. The lowest BCUT2D eigenvalue weighted by molar-refractivity contribution is -0.0914. The Morgan fingerprint density at radius 2 is 1.80 bits per heavy atom. The predicted molar refractivity (Wildman–Crippen MR) is 43.8 cm³/mol. The van der Waals surface area contributed by atoms with Gasteiger partial charge in [-0.3, -0.25) is 4.90 Å². The monoisotopic (exact) mass is 145 g/mol. The molecule has 0 aliphatic rings. The van der Waals surface area contributed by atoms with Crippen molar-refractivity contribution in [2.24, 2.45) is 0 Å². The second-order valence-corrected chi connectivity index (χ2v) is 3.37. The van der Waals surface area contributed by atoms with E-state index in [2.05, 4.69) is 20.8 Å². The Labute approximate surface area is 63.8 Å². The van der Waals surface area contributed by atoms with Crippen LogP contribution >= 0.6 is 0 Å². The molecule has 62 valence electrons. The highest BCUT2D eigenvalue weighted by atomic mass is 16.3. The van der Waals surface area contributed by atoms with Gasteiger partial charge in [0.05, 0.1) is 0 Å². The fourth-order valence-electron chi connectivity index (χ4n) is 1.38. The first-order valence-electron chi connectivity index (χ1n) is 3.88. The number of rotatable bonds is 3. The molecule has 0 unspecified atom stereocenters. The van der Waals surface area contributed by atoms with E-state index in [1.54, 1.807) is 0 Å². The molecule has 0 amide bonds. The molecule has 1 N–H and O–H groups in total. The summed E-state index contributed by atoms with van der Waals surface area (Å²) in [5.74, 6) is 0. The van der Waals surface area contributed by atoms with Gasteiger partial charge in [0.1, 0.15) is 5.72 Å². The highest BCUT2D eigenvalue weighted by Gasteiger charge is 2.23. The van der Waals surface area contributed by atoms with E-state index in [-0.39, 0.29) is 0 Å². The summed E-state index contributed by atoms with van der Waals surface area (Å²) in [6, 6.07) is 0.407. The van der Waals surface area contributed by atoms with Gasteiger partial charge in [0.25, 0.3) is 0 Å². The number of nitrogens with zero attached hydrogens (tertiary/aromatic N) is 1. The quantitative estimate of drug-likeness (QED) is 0.607. The topological polar surface area (TPSA) is 23.5 Å². The summed E-state index contributed by atoms with van der Waals surface area (Å²) in [6.07, 6.45) is 0. The minimum atomic E-state index is -0.678. The smallest absolute Gasteiger partial charge is 0.113 e. The van der Waals surface area contributed by atoms with Crippen LogP contribution in [0.5, 0.6) is 0 Å². The third-order valence-corrected chi connectivity index (χ3v) is 1.67. The second kappa shape index (κ2) is 3.35. The molecular formula is C8H19NO. The fraction of sp³-hybridized carbons (Fsp3) is 1.00. The first kappa shape index (κ1) is 9.92. The summed E-state index contributed by atoms with van der Waals surface area (Å²) in [6.45, 7) is 10.7. The maximum Gasteiger partial charge on any atom is 0.113 e. The Bertz CT molecular complexity index is 93.9. The highest BCUT2D eigenvalue weighted by molar-refractivity contribution is 4.71. The summed E-state index contributed by atoms with van der Waals surface area (Å²) < 4.78 is 0. The minimum absolute atomic E-state index is 0.407. The second-order valence-electron chi connectivity index (χ2n) is 3.37. The van der Waals surface area contributed by atoms with Gasteiger partial charge in [-0.25, -0.2) is 0 Å². The van der Waals surface area contributed by atoms with Crippen LogP contribution in [-0.4, -0.2) is 28.3 Å². The van der Waals surface area contributed by atoms with Gasteiger partial charge < -0.3 is 5.11 Å². The lowest BCUT2D eigenvalue weighted by Gasteiger charge is -2.36. The lowest BCUT2D eigenvalue weighted by atomic mass is 10.2. The molecule has 0 saturated heterocycles. The summed E-state index contributed by atoms with van der Waals surface area (Å²) in [5.41, 5.74) is -0.678. The Morgan fingerprint density at radius 3 is 1.80 bits per heavy atom. The maximum absolute atomic E-state index is 9.57. The van der Waals surface area contributed by atoms with E-state index in [0.29, 0.717) is 6.04 Å². The van der Waals surface area contributed by atoms with Gasteiger partial charge in [-0.2, -0.15) is 0 Å². The van der Waals surface area contributed by atoms with Gasteiger partial charge in [0, 0.05) is 6.04 Å². The summed E-state index contributed by atoms with van der Waals surface area (Å²) in [4.78, 5) is 2.03. The normalized spacial score (nSPS) is 13.2. The first-order chi connectivity index (χ1) is 4.39. The zero-order valence-electron chi connectivity index (χ0n) is 7.68. The molecule has 0 saturated carbocycles. The Morgan fingerprint density at radius 1 is 1.40 bits per heavy atom. The predicted octanol–water partition coefficient (Wildman–Crippen LogP) is 1.45. The number of aliphatic hydroxyl groups is 1. The largest absolute Gasteiger partial charge is 0.376 e. The van der Waals surface area contributed by atoms with E-state index in [0.717, 1.165) is 6.54 Å². The number of hydrogen-bond acceptors (Lipinski definition) is 2. The molecule has 0 aliphatic carbocycles. The van der Waals surface area contributed by atoms with E-state index in [9.17, 15) is 5.11 Å². The SMILES string of the molecule is CCN(C(C)C)C(C)(C)O. The molecule has 0 aromatic carbocycles. The molecular weight excluding hydrogens is 126 g/mol. The molecule has 0 aromatic heterocycles. The molecule has 0 fully saturated rings. The molecule has 2 heteroatoms. The van der Waals surface area contributed by atoms with E-state index in [4.69, 9.17) is 0 Å². The average Bonchev–Trinajstić information content (AvgIpc) is 1.60. The van der Waals surface area contributed by atoms with Crippen molar-refractivity contribution in [3.63, 3.8) is 0 Å². The van der Waals surface area contributed by atoms with Crippen LogP contribution in [0, 0.1) is 0 Å². The van der Waals surface area contributed by atoms with Gasteiger partial charge in [0.15, 0.2) is 0 Å². The van der Waals surface area contributed by atoms with Gasteiger partial charge in [-0.15, -0.1) is 0 Å². The van der Waals surface area contributed by atoms with Crippen LogP contribution in [0.25, 0.3) is 0 Å². The van der Waals surface area contributed by atoms with Crippen LogP contribution in [0.4, 0.5) is 0 Å². The first-order valence-corrected chi connectivity index (χ1v) is 3.88. The minimum Gasteiger partial charge on any atom is -0.376 e. The van der Waals surface area contributed by atoms with Crippen molar-refractivity contribution in [3.8, 4) is 0 Å². The van der Waals surface area contributed by atoms with Crippen molar-refractivity contribution < 1.29 is 5.11 Å². The van der Waals surface area contributed by atoms with Gasteiger partial charge in [-0.05, 0) is 34.2 Å². The Balaban J connectivity index is 4.07. The molecule has 0 rings (SSSR count). The van der Waals surface area contributed by atoms with E-state index >= 15 is 0 Å². The lowest BCUT2D eigenvalue weighted by Crippen LogP contribution is -2.47. The van der Waals surface area contributed by atoms with Gasteiger partial charge >= 0.3 is 0 Å². The summed E-state index contributed by atoms with van der Waals surface area (Å²) in [5, 5.41) is 9.57. The molecule has 0 heterocycles. The van der Waals surface area contributed by atoms with Crippen LogP contribution in [-0.2, 0) is 0 Å².